The summed E-state index contributed by atoms with van der Waals surface area (Å²) in [6.07, 6.45) is 7.78. The number of morpholine rings is 1. The number of pyridine rings is 1. The van der Waals surface area contributed by atoms with Crippen LogP contribution in [0.5, 0.6) is 0 Å². The maximum Gasteiger partial charge on any atom is 0.211 e. The predicted molar refractivity (Wildman–Crippen MR) is 142 cm³/mol. The topological polar surface area (TPSA) is 91.8 Å². The zero-order valence-corrected chi connectivity index (χ0v) is 22.3. The number of sulfonamides is 1. The van der Waals surface area contributed by atoms with Crippen molar-refractivity contribution in [2.75, 3.05) is 63.6 Å². The molecule has 1 aliphatic carbocycles. The summed E-state index contributed by atoms with van der Waals surface area (Å²) in [6, 6.07) is 4.46. The molecular formula is C25H32N6O3S2. The lowest BCUT2D eigenvalue weighted by atomic mass is 9.95. The van der Waals surface area contributed by atoms with Crippen LogP contribution in [0.2, 0.25) is 0 Å². The Bertz CT molecular complexity index is 1360. The van der Waals surface area contributed by atoms with E-state index in [0.717, 1.165) is 73.0 Å². The SMILES string of the molecule is CS(=O)(=O)N1CCN(Cc2cc3c(N4CCOCC4)nc(-c4cnc5c(c4)CCCC5)nc3s2)CC1. The van der Waals surface area contributed by atoms with Gasteiger partial charge in [-0.1, -0.05) is 0 Å². The Morgan fingerprint density at radius 1 is 1.00 bits per heavy atom. The predicted octanol–water partition coefficient (Wildman–Crippen LogP) is 2.55. The number of aryl methyl sites for hydroxylation is 2. The highest BCUT2D eigenvalue weighted by molar-refractivity contribution is 7.88. The second kappa shape index (κ2) is 9.94. The van der Waals surface area contributed by atoms with Gasteiger partial charge in [0.1, 0.15) is 10.6 Å². The molecule has 0 N–H and O–H groups in total. The molecule has 0 aromatic carbocycles. The molecule has 0 atom stereocenters. The molecule has 3 aromatic rings. The van der Waals surface area contributed by atoms with E-state index in [-0.39, 0.29) is 0 Å². The van der Waals surface area contributed by atoms with Crippen LogP contribution in [-0.2, 0) is 34.1 Å². The fraction of sp³-hybridized carbons (Fsp3) is 0.560. The molecule has 9 nitrogen and oxygen atoms in total. The summed E-state index contributed by atoms with van der Waals surface area (Å²) in [5, 5.41) is 1.08. The van der Waals surface area contributed by atoms with Crippen LogP contribution < -0.4 is 4.90 Å². The lowest BCUT2D eigenvalue weighted by Crippen LogP contribution is -2.47. The first-order chi connectivity index (χ1) is 17.4. The van der Waals surface area contributed by atoms with Crippen molar-refractivity contribution in [1.29, 1.82) is 0 Å². The summed E-state index contributed by atoms with van der Waals surface area (Å²) in [4.78, 5) is 21.7. The van der Waals surface area contributed by atoms with Gasteiger partial charge in [-0.15, -0.1) is 11.3 Å². The third kappa shape index (κ3) is 4.99. The molecule has 2 fully saturated rings. The van der Waals surface area contributed by atoms with Crippen LogP contribution >= 0.6 is 11.3 Å². The molecule has 11 heteroatoms. The third-order valence-corrected chi connectivity index (χ3v) is 9.66. The smallest absolute Gasteiger partial charge is 0.211 e. The second-order valence-electron chi connectivity index (χ2n) is 9.88. The average molecular weight is 529 g/mol. The summed E-state index contributed by atoms with van der Waals surface area (Å²) in [5.41, 5.74) is 3.53. The quantitative estimate of drug-likeness (QED) is 0.499. The Morgan fingerprint density at radius 3 is 2.56 bits per heavy atom. The molecule has 3 aromatic heterocycles. The van der Waals surface area contributed by atoms with Crippen molar-refractivity contribution in [3.05, 3.63) is 34.5 Å². The number of aromatic nitrogens is 3. The average Bonchev–Trinajstić information content (AvgIpc) is 3.30. The number of hydrogen-bond acceptors (Lipinski definition) is 9. The molecule has 0 radical (unpaired) electrons. The number of thiophene rings is 1. The highest BCUT2D eigenvalue weighted by Crippen LogP contribution is 2.35. The summed E-state index contributed by atoms with van der Waals surface area (Å²) in [7, 11) is -3.13. The molecule has 192 valence electrons. The molecule has 0 saturated carbocycles. The fourth-order valence-corrected chi connectivity index (χ4v) is 7.22. The monoisotopic (exact) mass is 528 g/mol. The van der Waals surface area contributed by atoms with Gasteiger partial charge in [-0.05, 0) is 43.4 Å². The normalized spacial score (nSPS) is 20.1. The van der Waals surface area contributed by atoms with Gasteiger partial charge in [0.05, 0.1) is 24.9 Å². The summed E-state index contributed by atoms with van der Waals surface area (Å²) in [6.45, 7) is 6.35. The van der Waals surface area contributed by atoms with Crippen LogP contribution in [0.15, 0.2) is 18.3 Å². The van der Waals surface area contributed by atoms with Gasteiger partial charge in [0.2, 0.25) is 10.0 Å². The third-order valence-electron chi connectivity index (χ3n) is 7.34. The van der Waals surface area contributed by atoms with Gasteiger partial charge < -0.3 is 9.64 Å². The van der Waals surface area contributed by atoms with Crippen molar-refractivity contribution >= 4 is 37.4 Å². The van der Waals surface area contributed by atoms with Crippen molar-refractivity contribution in [2.24, 2.45) is 0 Å². The fourth-order valence-electron chi connectivity index (χ4n) is 5.33. The van der Waals surface area contributed by atoms with E-state index in [4.69, 9.17) is 19.7 Å². The largest absolute Gasteiger partial charge is 0.378 e. The Morgan fingerprint density at radius 2 is 1.78 bits per heavy atom. The lowest BCUT2D eigenvalue weighted by Gasteiger charge is -2.32. The molecule has 0 spiro atoms. The number of fused-ring (bicyclic) bond motifs is 2. The van der Waals surface area contributed by atoms with Gasteiger partial charge in [0.25, 0.3) is 0 Å². The molecule has 2 saturated heterocycles. The first kappa shape index (κ1) is 24.2. The van der Waals surface area contributed by atoms with Gasteiger partial charge in [-0.3, -0.25) is 9.88 Å². The molecule has 0 bridgehead atoms. The summed E-state index contributed by atoms with van der Waals surface area (Å²) < 4.78 is 30.9. The van der Waals surface area contributed by atoms with Crippen molar-refractivity contribution in [2.45, 2.75) is 32.2 Å². The molecule has 0 unspecified atom stereocenters. The summed E-state index contributed by atoms with van der Waals surface area (Å²) >= 11 is 1.71. The van der Waals surface area contributed by atoms with Gasteiger partial charge >= 0.3 is 0 Å². The van der Waals surface area contributed by atoms with Gasteiger partial charge in [-0.25, -0.2) is 18.4 Å². The maximum absolute atomic E-state index is 11.9. The Hall–Kier alpha value is -2.18. The summed E-state index contributed by atoms with van der Waals surface area (Å²) in [5.74, 6) is 1.71. The number of piperazine rings is 1. The van der Waals surface area contributed by atoms with Crippen molar-refractivity contribution in [3.8, 4) is 11.4 Å². The molecule has 3 aliphatic rings. The number of nitrogens with zero attached hydrogens (tertiary/aromatic N) is 6. The Labute approximate surface area is 216 Å². The van der Waals surface area contributed by atoms with Crippen LogP contribution in [-0.4, -0.2) is 91.3 Å². The molecule has 6 rings (SSSR count). The molecular weight excluding hydrogens is 496 g/mol. The van der Waals surface area contributed by atoms with E-state index in [1.54, 1.807) is 15.6 Å². The first-order valence-electron chi connectivity index (χ1n) is 12.7. The van der Waals surface area contributed by atoms with Crippen molar-refractivity contribution in [1.82, 2.24) is 24.2 Å². The first-order valence-corrected chi connectivity index (χ1v) is 15.4. The van der Waals surface area contributed by atoms with E-state index in [2.05, 4.69) is 21.9 Å². The standard InChI is InChI=1S/C25H32N6O3S2/c1-36(32,33)31-8-6-29(7-9-31)17-20-15-21-24(30-10-12-34-13-11-30)27-23(28-25(21)35-20)19-14-18-4-2-3-5-22(18)26-16-19/h14-16H,2-13,17H2,1H3. The van der Waals surface area contributed by atoms with Gasteiger partial charge in [0.15, 0.2) is 5.82 Å². The number of ether oxygens (including phenoxy) is 1. The zero-order valence-electron chi connectivity index (χ0n) is 20.6. The van der Waals surface area contributed by atoms with Crippen LogP contribution in [0, 0.1) is 0 Å². The van der Waals surface area contributed by atoms with Crippen molar-refractivity contribution in [3.63, 3.8) is 0 Å². The lowest BCUT2D eigenvalue weighted by molar-refractivity contribution is 0.122. The van der Waals surface area contributed by atoms with E-state index >= 15 is 0 Å². The van der Waals surface area contributed by atoms with E-state index in [1.165, 1.54) is 35.2 Å². The van der Waals surface area contributed by atoms with Crippen LogP contribution in [0.3, 0.4) is 0 Å². The number of hydrogen-bond donors (Lipinski definition) is 0. The minimum atomic E-state index is -3.13. The molecule has 0 amide bonds. The number of anilines is 1. The van der Waals surface area contributed by atoms with Gasteiger partial charge in [-0.2, -0.15) is 4.31 Å². The minimum Gasteiger partial charge on any atom is -0.378 e. The molecule has 36 heavy (non-hydrogen) atoms. The van der Waals surface area contributed by atoms with Crippen molar-refractivity contribution < 1.29 is 13.2 Å². The highest BCUT2D eigenvalue weighted by Gasteiger charge is 2.25. The van der Waals surface area contributed by atoms with Crippen LogP contribution in [0.1, 0.15) is 29.0 Å². The van der Waals surface area contributed by atoms with Gasteiger partial charge in [0, 0.05) is 68.1 Å². The number of rotatable bonds is 5. The second-order valence-corrected chi connectivity index (χ2v) is 13.0. The molecule has 2 aliphatic heterocycles. The highest BCUT2D eigenvalue weighted by atomic mass is 32.2. The maximum atomic E-state index is 11.9. The Kier molecular flexibility index (Phi) is 6.67. The minimum absolute atomic E-state index is 0.540. The van der Waals surface area contributed by atoms with E-state index in [0.29, 0.717) is 26.3 Å². The Balaban J connectivity index is 1.32. The zero-order chi connectivity index (χ0) is 24.7. The van der Waals surface area contributed by atoms with E-state index in [9.17, 15) is 8.42 Å². The van der Waals surface area contributed by atoms with Crippen LogP contribution in [0.4, 0.5) is 5.82 Å². The van der Waals surface area contributed by atoms with E-state index < -0.39 is 10.0 Å². The molecule has 5 heterocycles. The van der Waals surface area contributed by atoms with E-state index in [1.807, 2.05) is 6.20 Å². The van der Waals surface area contributed by atoms with Crippen LogP contribution in [0.25, 0.3) is 21.6 Å².